The third-order valence-electron chi connectivity index (χ3n) is 3.69. The van der Waals surface area contributed by atoms with Crippen LogP contribution in [0.3, 0.4) is 0 Å². The van der Waals surface area contributed by atoms with Gasteiger partial charge in [0, 0.05) is 10.7 Å². The van der Waals surface area contributed by atoms with E-state index in [1.807, 2.05) is 12.1 Å². The molecule has 0 atom stereocenters. The van der Waals surface area contributed by atoms with Crippen molar-refractivity contribution in [1.82, 2.24) is 4.98 Å². The molecule has 4 nitrogen and oxygen atoms in total. The van der Waals surface area contributed by atoms with Crippen LogP contribution in [0.1, 0.15) is 38.3 Å². The molecule has 1 heterocycles. The van der Waals surface area contributed by atoms with Gasteiger partial charge in [-0.15, -0.1) is 0 Å². The van der Waals surface area contributed by atoms with Crippen LogP contribution in [0.2, 0.25) is 0 Å². The number of esters is 1. The molecule has 0 saturated heterocycles. The molecule has 0 aromatic carbocycles. The number of carbonyl (C=O) groups excluding carboxylic acids is 1. The van der Waals surface area contributed by atoms with Crippen LogP contribution in [0.4, 0.5) is 0 Å². The van der Waals surface area contributed by atoms with E-state index in [1.165, 1.54) is 0 Å². The second-order valence-corrected chi connectivity index (χ2v) is 5.81. The Morgan fingerprint density at radius 3 is 2.74 bits per heavy atom. The lowest BCUT2D eigenvalue weighted by atomic mass is 9.70. The van der Waals surface area contributed by atoms with E-state index in [1.54, 1.807) is 13.1 Å². The fourth-order valence-corrected chi connectivity index (χ4v) is 2.82. The van der Waals surface area contributed by atoms with Gasteiger partial charge in [0.2, 0.25) is 0 Å². The number of pyridine rings is 1. The smallest absolute Gasteiger partial charge is 0.318 e. The van der Waals surface area contributed by atoms with E-state index in [2.05, 4.69) is 20.9 Å². The lowest BCUT2D eigenvalue weighted by Crippen LogP contribution is -2.42. The molecule has 1 saturated carbocycles. The maximum absolute atomic E-state index is 12.4. The minimum atomic E-state index is -0.698. The second kappa shape index (κ2) is 6.01. The topological polar surface area (TPSA) is 59.4 Å². The zero-order valence-electron chi connectivity index (χ0n) is 10.9. The molecule has 19 heavy (non-hydrogen) atoms. The first-order chi connectivity index (χ1) is 9.08. The fourth-order valence-electron chi connectivity index (χ4n) is 2.59. The van der Waals surface area contributed by atoms with E-state index >= 15 is 0 Å². The molecule has 1 aliphatic rings. The predicted molar refractivity (Wildman–Crippen MR) is 74.7 cm³/mol. The Labute approximate surface area is 121 Å². The van der Waals surface area contributed by atoms with E-state index in [9.17, 15) is 9.90 Å². The van der Waals surface area contributed by atoms with Crippen molar-refractivity contribution in [2.24, 2.45) is 0 Å². The van der Waals surface area contributed by atoms with Gasteiger partial charge in [0.25, 0.3) is 0 Å². The summed E-state index contributed by atoms with van der Waals surface area (Å²) in [5.41, 5.74) is 0.0386. The number of aliphatic hydroxyl groups excluding tert-OH is 1. The summed E-state index contributed by atoms with van der Waals surface area (Å²) in [6.45, 7) is 2.16. The summed E-state index contributed by atoms with van der Waals surface area (Å²) >= 11 is 3.35. The lowest BCUT2D eigenvalue weighted by Gasteiger charge is -2.36. The minimum Gasteiger partial charge on any atom is -0.465 e. The molecule has 1 N–H and O–H groups in total. The highest BCUT2D eigenvalue weighted by Crippen LogP contribution is 2.40. The van der Waals surface area contributed by atoms with Gasteiger partial charge in [0.05, 0.1) is 18.4 Å². The Morgan fingerprint density at radius 2 is 2.21 bits per heavy atom. The molecular weight excluding hydrogens is 310 g/mol. The largest absolute Gasteiger partial charge is 0.465 e. The molecule has 104 valence electrons. The van der Waals surface area contributed by atoms with Gasteiger partial charge >= 0.3 is 5.97 Å². The molecule has 0 radical (unpaired) electrons. The number of aromatic nitrogens is 1. The summed E-state index contributed by atoms with van der Waals surface area (Å²) in [7, 11) is 0. The number of carbonyl (C=O) groups is 1. The van der Waals surface area contributed by atoms with Crippen molar-refractivity contribution < 1.29 is 14.6 Å². The van der Waals surface area contributed by atoms with Gasteiger partial charge in [0.1, 0.15) is 5.41 Å². The normalized spacial score (nSPS) is 27.0. The van der Waals surface area contributed by atoms with Crippen LogP contribution in [0.25, 0.3) is 0 Å². The number of halogens is 1. The summed E-state index contributed by atoms with van der Waals surface area (Å²) in [5.74, 6) is -0.225. The summed E-state index contributed by atoms with van der Waals surface area (Å²) in [4.78, 5) is 16.7. The molecule has 1 aliphatic carbocycles. The summed E-state index contributed by atoms with van der Waals surface area (Å²) in [6.07, 6.45) is 3.76. The third-order valence-corrected chi connectivity index (χ3v) is 4.16. The number of aliphatic hydroxyl groups is 1. The average Bonchev–Trinajstić information content (AvgIpc) is 2.41. The van der Waals surface area contributed by atoms with Crippen molar-refractivity contribution in [3.8, 4) is 0 Å². The molecule has 0 bridgehead atoms. The van der Waals surface area contributed by atoms with Crippen molar-refractivity contribution in [1.29, 1.82) is 0 Å². The zero-order valence-corrected chi connectivity index (χ0v) is 12.5. The molecule has 0 amide bonds. The monoisotopic (exact) mass is 327 g/mol. The molecule has 1 aromatic rings. The van der Waals surface area contributed by atoms with Crippen LogP contribution < -0.4 is 0 Å². The molecule has 1 fully saturated rings. The van der Waals surface area contributed by atoms with Crippen molar-refractivity contribution in [2.45, 2.75) is 44.1 Å². The zero-order chi connectivity index (χ0) is 13.9. The summed E-state index contributed by atoms with van der Waals surface area (Å²) in [6, 6.07) is 3.74. The number of hydrogen-bond donors (Lipinski definition) is 1. The van der Waals surface area contributed by atoms with Crippen LogP contribution in [0.15, 0.2) is 22.8 Å². The predicted octanol–water partition coefficient (Wildman–Crippen LogP) is 2.58. The standard InChI is InChI=1S/C14H18BrNO3/c1-2-19-13(18)14(7-5-11(17)6-8-14)12-4-3-10(15)9-16-12/h3-4,9,11,17H,2,5-8H2,1H3/t11-,14+. The lowest BCUT2D eigenvalue weighted by molar-refractivity contribution is -0.152. The van der Waals surface area contributed by atoms with Gasteiger partial charge in [0.15, 0.2) is 0 Å². The summed E-state index contributed by atoms with van der Waals surface area (Å²) < 4.78 is 6.11. The Kier molecular flexibility index (Phi) is 4.58. The van der Waals surface area contributed by atoms with E-state index in [-0.39, 0.29) is 12.1 Å². The Balaban J connectivity index is 2.33. The first-order valence-corrected chi connectivity index (χ1v) is 7.35. The van der Waals surface area contributed by atoms with Crippen molar-refractivity contribution >= 4 is 21.9 Å². The molecule has 0 unspecified atom stereocenters. The van der Waals surface area contributed by atoms with Crippen LogP contribution in [0.5, 0.6) is 0 Å². The van der Waals surface area contributed by atoms with Crippen molar-refractivity contribution in [3.05, 3.63) is 28.5 Å². The SMILES string of the molecule is CCOC(=O)[C@]1(c2ccc(Br)cn2)CC[C@H](O)CC1. The van der Waals surface area contributed by atoms with Gasteiger partial charge in [-0.25, -0.2) is 0 Å². The molecule has 1 aromatic heterocycles. The van der Waals surface area contributed by atoms with E-state index in [0.29, 0.717) is 32.3 Å². The highest BCUT2D eigenvalue weighted by atomic mass is 79.9. The highest BCUT2D eigenvalue weighted by molar-refractivity contribution is 9.10. The maximum Gasteiger partial charge on any atom is 0.318 e. The molecule has 0 spiro atoms. The molecule has 5 heteroatoms. The highest BCUT2D eigenvalue weighted by Gasteiger charge is 2.45. The Bertz CT molecular complexity index is 439. The van der Waals surface area contributed by atoms with E-state index in [0.717, 1.165) is 10.2 Å². The van der Waals surface area contributed by atoms with Crippen molar-refractivity contribution in [2.75, 3.05) is 6.61 Å². The maximum atomic E-state index is 12.4. The van der Waals surface area contributed by atoms with Crippen LogP contribution >= 0.6 is 15.9 Å². The van der Waals surface area contributed by atoms with Gasteiger partial charge in [-0.1, -0.05) is 0 Å². The number of nitrogens with zero attached hydrogens (tertiary/aromatic N) is 1. The summed E-state index contributed by atoms with van der Waals surface area (Å²) in [5, 5.41) is 9.66. The van der Waals surface area contributed by atoms with Gasteiger partial charge in [-0.3, -0.25) is 9.78 Å². The van der Waals surface area contributed by atoms with Gasteiger partial charge in [-0.2, -0.15) is 0 Å². The molecule has 0 aliphatic heterocycles. The average molecular weight is 328 g/mol. The molecule has 2 rings (SSSR count). The Hall–Kier alpha value is -0.940. The third kappa shape index (κ3) is 2.98. The first-order valence-electron chi connectivity index (χ1n) is 6.56. The van der Waals surface area contributed by atoms with Crippen molar-refractivity contribution in [3.63, 3.8) is 0 Å². The molecular formula is C14H18BrNO3. The van der Waals surface area contributed by atoms with Gasteiger partial charge < -0.3 is 9.84 Å². The quantitative estimate of drug-likeness (QED) is 0.867. The van der Waals surface area contributed by atoms with E-state index < -0.39 is 5.41 Å². The van der Waals surface area contributed by atoms with Crippen LogP contribution in [-0.2, 0) is 14.9 Å². The first kappa shape index (κ1) is 14.5. The fraction of sp³-hybridized carbons (Fsp3) is 0.571. The van der Waals surface area contributed by atoms with Crippen LogP contribution in [0, 0.1) is 0 Å². The van der Waals surface area contributed by atoms with Gasteiger partial charge in [-0.05, 0) is 60.7 Å². The number of ether oxygens (including phenoxy) is 1. The number of hydrogen-bond acceptors (Lipinski definition) is 4. The van der Waals surface area contributed by atoms with E-state index in [4.69, 9.17) is 4.74 Å². The number of rotatable bonds is 3. The Morgan fingerprint density at radius 1 is 1.53 bits per heavy atom. The van der Waals surface area contributed by atoms with Crippen LogP contribution in [-0.4, -0.2) is 28.8 Å². The minimum absolute atomic E-state index is 0.225. The second-order valence-electron chi connectivity index (χ2n) is 4.90.